The maximum atomic E-state index is 11.0. The molecule has 2 amide bonds. The fraction of sp³-hybridized carbons (Fsp3) is 0.273. The third kappa shape index (κ3) is 4.26. The van der Waals surface area contributed by atoms with E-state index in [0.717, 1.165) is 6.07 Å². The number of amides is 2. The number of anilines is 1. The summed E-state index contributed by atoms with van der Waals surface area (Å²) in [7, 11) is 0. The van der Waals surface area contributed by atoms with Crippen LogP contribution in [0.1, 0.15) is 17.3 Å². The van der Waals surface area contributed by atoms with Gasteiger partial charge in [0.15, 0.2) is 0 Å². The van der Waals surface area contributed by atoms with Gasteiger partial charge in [0.1, 0.15) is 5.69 Å². The van der Waals surface area contributed by atoms with Crippen molar-refractivity contribution >= 4 is 23.2 Å². The normalized spacial score (nSPS) is 9.74. The molecule has 1 rings (SSSR count). The molecular weight excluding hydrogens is 252 g/mol. The van der Waals surface area contributed by atoms with E-state index < -0.39 is 10.8 Å². The van der Waals surface area contributed by atoms with E-state index in [9.17, 15) is 19.7 Å². The first-order chi connectivity index (χ1) is 8.91. The minimum Gasteiger partial charge on any atom is -0.378 e. The summed E-state index contributed by atoms with van der Waals surface area (Å²) in [6, 6.07) is 3.92. The summed E-state index contributed by atoms with van der Waals surface area (Å²) in [6.07, 6.45) is 0. The molecule has 0 atom stereocenters. The zero-order valence-electron chi connectivity index (χ0n) is 10.3. The van der Waals surface area contributed by atoms with E-state index in [1.807, 2.05) is 0 Å². The Balaban J connectivity index is 2.79. The monoisotopic (exact) mass is 266 g/mol. The second-order valence-electron chi connectivity index (χ2n) is 3.76. The van der Waals surface area contributed by atoms with E-state index >= 15 is 0 Å². The molecule has 102 valence electrons. The van der Waals surface area contributed by atoms with Gasteiger partial charge in [-0.05, 0) is 12.1 Å². The molecule has 0 heterocycles. The van der Waals surface area contributed by atoms with Gasteiger partial charge in [-0.1, -0.05) is 0 Å². The first-order valence-corrected chi connectivity index (χ1v) is 5.48. The van der Waals surface area contributed by atoms with Crippen molar-refractivity contribution in [1.82, 2.24) is 5.32 Å². The summed E-state index contributed by atoms with van der Waals surface area (Å²) in [6.45, 7) is 2.05. The highest BCUT2D eigenvalue weighted by molar-refractivity contribution is 5.94. The van der Waals surface area contributed by atoms with Gasteiger partial charge in [-0.2, -0.15) is 0 Å². The fourth-order valence-electron chi connectivity index (χ4n) is 1.42. The van der Waals surface area contributed by atoms with Gasteiger partial charge in [0.05, 0.1) is 4.92 Å². The molecule has 0 fully saturated rings. The third-order valence-corrected chi connectivity index (χ3v) is 2.29. The molecule has 0 saturated heterocycles. The predicted octanol–water partition coefficient (Wildman–Crippen LogP) is 0.242. The molecule has 0 aromatic heterocycles. The first-order valence-electron chi connectivity index (χ1n) is 5.48. The van der Waals surface area contributed by atoms with Crippen LogP contribution in [-0.4, -0.2) is 29.8 Å². The summed E-state index contributed by atoms with van der Waals surface area (Å²) < 4.78 is 0. The number of nitrogens with one attached hydrogen (secondary N) is 2. The van der Waals surface area contributed by atoms with Crippen LogP contribution in [0.25, 0.3) is 0 Å². The van der Waals surface area contributed by atoms with Crippen LogP contribution in [-0.2, 0) is 4.79 Å². The van der Waals surface area contributed by atoms with Gasteiger partial charge in [0, 0.05) is 31.6 Å². The lowest BCUT2D eigenvalue weighted by atomic mass is 10.1. The summed E-state index contributed by atoms with van der Waals surface area (Å²) in [4.78, 5) is 31.9. The van der Waals surface area contributed by atoms with Crippen LogP contribution in [0.5, 0.6) is 0 Å². The van der Waals surface area contributed by atoms with Crippen LogP contribution in [0, 0.1) is 10.1 Å². The quantitative estimate of drug-likeness (QED) is 0.386. The van der Waals surface area contributed by atoms with Gasteiger partial charge in [-0.3, -0.25) is 19.7 Å². The molecule has 0 aliphatic heterocycles. The second-order valence-corrected chi connectivity index (χ2v) is 3.76. The van der Waals surface area contributed by atoms with Crippen LogP contribution in [0.3, 0.4) is 0 Å². The van der Waals surface area contributed by atoms with E-state index in [-0.39, 0.29) is 22.8 Å². The predicted molar refractivity (Wildman–Crippen MR) is 68.8 cm³/mol. The number of nitro groups is 1. The molecule has 0 aliphatic carbocycles. The van der Waals surface area contributed by atoms with Gasteiger partial charge < -0.3 is 16.4 Å². The molecular formula is C11H14N4O4. The standard InChI is InChI=1S/C11H14N4O4/c1-7(16)13-4-5-14-9-3-2-8(11(12)17)6-10(9)15(18)19/h2-3,6,14H,4-5H2,1H3,(H2,12,17)(H,13,16). The average Bonchev–Trinajstić information content (AvgIpc) is 2.34. The molecule has 0 spiro atoms. The minimum atomic E-state index is -0.729. The third-order valence-electron chi connectivity index (χ3n) is 2.29. The number of rotatable bonds is 6. The van der Waals surface area contributed by atoms with Crippen LogP contribution in [0.15, 0.2) is 18.2 Å². The number of nitrogens with two attached hydrogens (primary N) is 1. The molecule has 0 saturated carbocycles. The van der Waals surface area contributed by atoms with Crippen molar-refractivity contribution in [1.29, 1.82) is 0 Å². The van der Waals surface area contributed by atoms with Crippen molar-refractivity contribution in [3.05, 3.63) is 33.9 Å². The van der Waals surface area contributed by atoms with Crippen LogP contribution < -0.4 is 16.4 Å². The van der Waals surface area contributed by atoms with Crippen molar-refractivity contribution in [2.75, 3.05) is 18.4 Å². The van der Waals surface area contributed by atoms with Crippen molar-refractivity contribution in [2.24, 2.45) is 5.73 Å². The van der Waals surface area contributed by atoms with Gasteiger partial charge >= 0.3 is 0 Å². The molecule has 0 radical (unpaired) electrons. The van der Waals surface area contributed by atoms with Crippen molar-refractivity contribution in [3.63, 3.8) is 0 Å². The molecule has 19 heavy (non-hydrogen) atoms. The Bertz CT molecular complexity index is 515. The highest BCUT2D eigenvalue weighted by Gasteiger charge is 2.16. The highest BCUT2D eigenvalue weighted by atomic mass is 16.6. The molecule has 1 aromatic carbocycles. The van der Waals surface area contributed by atoms with Crippen LogP contribution in [0.4, 0.5) is 11.4 Å². The number of benzene rings is 1. The maximum absolute atomic E-state index is 11.0. The topological polar surface area (TPSA) is 127 Å². The molecule has 1 aromatic rings. The Labute approximate surface area is 109 Å². The van der Waals surface area contributed by atoms with E-state index in [4.69, 9.17) is 5.73 Å². The van der Waals surface area contributed by atoms with Crippen LogP contribution in [0.2, 0.25) is 0 Å². The SMILES string of the molecule is CC(=O)NCCNc1ccc(C(N)=O)cc1[N+](=O)[O-]. The summed E-state index contributed by atoms with van der Waals surface area (Å²) in [5.74, 6) is -0.909. The lowest BCUT2D eigenvalue weighted by molar-refractivity contribution is -0.384. The van der Waals surface area contributed by atoms with E-state index in [1.54, 1.807) is 0 Å². The molecule has 0 aliphatic rings. The fourth-order valence-corrected chi connectivity index (χ4v) is 1.42. The number of carbonyl (C=O) groups is 2. The summed E-state index contributed by atoms with van der Waals surface area (Å²) in [5.41, 5.74) is 5.15. The number of carbonyl (C=O) groups excluding carboxylic acids is 2. The Hall–Kier alpha value is -2.64. The molecule has 8 nitrogen and oxygen atoms in total. The van der Waals surface area contributed by atoms with Gasteiger partial charge in [-0.25, -0.2) is 0 Å². The molecule has 4 N–H and O–H groups in total. The van der Waals surface area contributed by atoms with E-state index in [0.29, 0.717) is 13.1 Å². The molecule has 0 bridgehead atoms. The van der Waals surface area contributed by atoms with Gasteiger partial charge in [0.2, 0.25) is 11.8 Å². The zero-order valence-corrected chi connectivity index (χ0v) is 10.3. The number of hydrogen-bond acceptors (Lipinski definition) is 5. The van der Waals surface area contributed by atoms with Gasteiger partial charge in [-0.15, -0.1) is 0 Å². The largest absolute Gasteiger partial charge is 0.378 e. The second kappa shape index (κ2) is 6.34. The van der Waals surface area contributed by atoms with Crippen molar-refractivity contribution < 1.29 is 14.5 Å². The van der Waals surface area contributed by atoms with Crippen molar-refractivity contribution in [2.45, 2.75) is 6.92 Å². The zero-order chi connectivity index (χ0) is 14.4. The minimum absolute atomic E-state index is 0.0686. The highest BCUT2D eigenvalue weighted by Crippen LogP contribution is 2.25. The Morgan fingerprint density at radius 1 is 1.37 bits per heavy atom. The number of primary amides is 1. The lowest BCUT2D eigenvalue weighted by Crippen LogP contribution is -2.26. The van der Waals surface area contributed by atoms with Gasteiger partial charge in [0.25, 0.3) is 5.69 Å². The molecule has 0 unspecified atom stereocenters. The first kappa shape index (κ1) is 14.4. The average molecular weight is 266 g/mol. The lowest BCUT2D eigenvalue weighted by Gasteiger charge is -2.08. The van der Waals surface area contributed by atoms with E-state index in [1.165, 1.54) is 19.1 Å². The Morgan fingerprint density at radius 3 is 2.58 bits per heavy atom. The smallest absolute Gasteiger partial charge is 0.293 e. The maximum Gasteiger partial charge on any atom is 0.293 e. The summed E-state index contributed by atoms with van der Waals surface area (Å²) in [5, 5.41) is 16.2. The van der Waals surface area contributed by atoms with Crippen LogP contribution >= 0.6 is 0 Å². The summed E-state index contributed by atoms with van der Waals surface area (Å²) >= 11 is 0. The van der Waals surface area contributed by atoms with E-state index in [2.05, 4.69) is 10.6 Å². The molecule has 8 heteroatoms. The Kier molecular flexibility index (Phi) is 4.81. The number of nitrogens with zero attached hydrogens (tertiary/aromatic N) is 1. The number of hydrogen-bond donors (Lipinski definition) is 3. The Morgan fingerprint density at radius 2 is 2.05 bits per heavy atom. The van der Waals surface area contributed by atoms with Crippen molar-refractivity contribution in [3.8, 4) is 0 Å². The number of nitro benzene ring substituents is 1.